The number of hydrogen-bond acceptors (Lipinski definition) is 6. The molecule has 2 aliphatic rings. The zero-order chi connectivity index (χ0) is 22.0. The van der Waals surface area contributed by atoms with Gasteiger partial charge in [0.15, 0.2) is 0 Å². The molecule has 0 unspecified atom stereocenters. The Morgan fingerprint density at radius 1 is 0.710 bits per heavy atom. The van der Waals surface area contributed by atoms with Gasteiger partial charge in [0.05, 0.1) is 44.2 Å². The van der Waals surface area contributed by atoms with Gasteiger partial charge in [0, 0.05) is 0 Å². The summed E-state index contributed by atoms with van der Waals surface area (Å²) in [5, 5.41) is 0. The van der Waals surface area contributed by atoms with Crippen LogP contribution in [0.3, 0.4) is 0 Å². The summed E-state index contributed by atoms with van der Waals surface area (Å²) in [5.41, 5.74) is 4.08. The van der Waals surface area contributed by atoms with Crippen LogP contribution in [0, 0.1) is 19.3 Å². The van der Waals surface area contributed by atoms with E-state index in [1.807, 2.05) is 36.4 Å². The van der Waals surface area contributed by atoms with Crippen LogP contribution in [0.25, 0.3) is 0 Å². The fourth-order valence-corrected chi connectivity index (χ4v) is 7.50. The summed E-state index contributed by atoms with van der Waals surface area (Å²) in [6.07, 6.45) is 1.95. The van der Waals surface area contributed by atoms with Crippen LogP contribution < -0.4 is 0 Å². The average molecular weight is 464 g/mol. The second kappa shape index (κ2) is 9.31. The van der Waals surface area contributed by atoms with Crippen LogP contribution in [0.1, 0.15) is 22.3 Å². The molecule has 6 nitrogen and oxygen atoms in total. The third-order valence-electron chi connectivity index (χ3n) is 6.07. The maximum Gasteiger partial charge on any atom is 0.331 e. The number of benzene rings is 2. The van der Waals surface area contributed by atoms with Crippen LogP contribution in [-0.2, 0) is 40.1 Å². The second-order valence-electron chi connectivity index (χ2n) is 8.62. The predicted molar refractivity (Wildman–Crippen MR) is 121 cm³/mol. The minimum Gasteiger partial charge on any atom is -0.308 e. The van der Waals surface area contributed by atoms with E-state index in [-0.39, 0.29) is 26.4 Å². The highest BCUT2D eigenvalue weighted by Crippen LogP contribution is 2.59. The normalized spacial score (nSPS) is 31.0. The van der Waals surface area contributed by atoms with Crippen molar-refractivity contribution in [3.05, 3.63) is 70.8 Å². The van der Waals surface area contributed by atoms with Crippen LogP contribution >= 0.6 is 15.2 Å². The third kappa shape index (κ3) is 5.57. The Labute approximate surface area is 184 Å². The van der Waals surface area contributed by atoms with Crippen molar-refractivity contribution in [1.82, 2.24) is 0 Å². The van der Waals surface area contributed by atoms with Crippen LogP contribution in [0.15, 0.2) is 48.5 Å². The van der Waals surface area contributed by atoms with E-state index in [4.69, 9.17) is 18.1 Å². The first-order valence-electron chi connectivity index (χ1n) is 10.7. The Kier molecular flexibility index (Phi) is 6.88. The minimum atomic E-state index is -3.18. The van der Waals surface area contributed by atoms with Crippen molar-refractivity contribution < 1.29 is 27.2 Å². The van der Waals surface area contributed by atoms with Crippen LogP contribution in [0.5, 0.6) is 0 Å². The molecule has 0 saturated carbocycles. The lowest BCUT2D eigenvalue weighted by molar-refractivity contribution is -0.0683. The van der Waals surface area contributed by atoms with Gasteiger partial charge in [-0.15, -0.1) is 0 Å². The van der Waals surface area contributed by atoms with E-state index in [1.54, 1.807) is 0 Å². The molecule has 2 aliphatic heterocycles. The molecule has 2 heterocycles. The van der Waals surface area contributed by atoms with Crippen LogP contribution in [0.4, 0.5) is 0 Å². The van der Waals surface area contributed by atoms with Gasteiger partial charge < -0.3 is 18.1 Å². The largest absolute Gasteiger partial charge is 0.331 e. The molecule has 4 rings (SSSR count). The quantitative estimate of drug-likeness (QED) is 0.522. The van der Waals surface area contributed by atoms with Gasteiger partial charge in [0.25, 0.3) is 0 Å². The number of rotatable bonds is 6. The molecule has 0 aliphatic carbocycles. The second-order valence-corrected chi connectivity index (χ2v) is 13.0. The van der Waals surface area contributed by atoms with Gasteiger partial charge >= 0.3 is 15.2 Å². The van der Waals surface area contributed by atoms with Crippen molar-refractivity contribution in [1.29, 1.82) is 0 Å². The van der Waals surface area contributed by atoms with Crippen molar-refractivity contribution in [3.63, 3.8) is 0 Å². The maximum absolute atomic E-state index is 13.1. The lowest BCUT2D eigenvalue weighted by Gasteiger charge is -2.43. The van der Waals surface area contributed by atoms with Gasteiger partial charge in [0.2, 0.25) is 0 Å². The van der Waals surface area contributed by atoms with E-state index in [0.717, 1.165) is 5.56 Å². The summed E-state index contributed by atoms with van der Waals surface area (Å²) in [4.78, 5) is 0. The molecule has 8 heteroatoms. The Balaban J connectivity index is 1.28. The number of aryl methyl sites for hydroxylation is 3. The SMILES string of the molecule is Cc1cccc(C)c1CCP1(=O)OCC2(COP(=O)(CCc3ccccc3)OC2)CO1. The van der Waals surface area contributed by atoms with E-state index >= 15 is 0 Å². The van der Waals surface area contributed by atoms with E-state index in [0.29, 0.717) is 25.2 Å². The highest BCUT2D eigenvalue weighted by atomic mass is 31.2. The molecule has 2 aromatic carbocycles. The summed E-state index contributed by atoms with van der Waals surface area (Å²) in [5.74, 6) is 0. The highest BCUT2D eigenvalue weighted by Gasteiger charge is 2.48. The Morgan fingerprint density at radius 2 is 1.19 bits per heavy atom. The minimum absolute atomic E-state index is 0.218. The summed E-state index contributed by atoms with van der Waals surface area (Å²) < 4.78 is 48.8. The van der Waals surface area contributed by atoms with Gasteiger partial charge in [-0.1, -0.05) is 48.5 Å². The molecular weight excluding hydrogens is 434 g/mol. The summed E-state index contributed by atoms with van der Waals surface area (Å²) in [6.45, 7) is 4.99. The van der Waals surface area contributed by atoms with Crippen molar-refractivity contribution in [3.8, 4) is 0 Å². The molecule has 2 fully saturated rings. The number of hydrogen-bond donors (Lipinski definition) is 0. The fourth-order valence-electron chi connectivity index (χ4n) is 3.93. The molecule has 0 aromatic heterocycles. The van der Waals surface area contributed by atoms with E-state index in [2.05, 4.69) is 26.0 Å². The van der Waals surface area contributed by atoms with E-state index in [9.17, 15) is 9.13 Å². The predicted octanol–water partition coefficient (Wildman–Crippen LogP) is 5.55. The summed E-state index contributed by atoms with van der Waals surface area (Å²) in [6, 6.07) is 16.0. The average Bonchev–Trinajstić information content (AvgIpc) is 2.78. The first-order valence-corrected chi connectivity index (χ1v) is 14.1. The summed E-state index contributed by atoms with van der Waals surface area (Å²) in [7, 11) is -6.32. The maximum atomic E-state index is 13.1. The van der Waals surface area contributed by atoms with Gasteiger partial charge in [-0.25, -0.2) is 0 Å². The Morgan fingerprint density at radius 3 is 1.71 bits per heavy atom. The molecule has 1 spiro atoms. The first-order chi connectivity index (χ1) is 14.8. The Bertz CT molecular complexity index is 960. The lowest BCUT2D eigenvalue weighted by atomic mass is 9.93. The standard InChI is InChI=1S/C23H30O6P2/c1-19-7-6-8-20(2)22(19)12-14-31(25)28-17-23(18-29-31)15-26-30(24,27-16-23)13-11-21-9-4-3-5-10-21/h3-10H,11-18H2,1-2H3. The molecule has 0 N–H and O–H groups in total. The molecule has 0 amide bonds. The van der Waals surface area contributed by atoms with Gasteiger partial charge in [-0.05, 0) is 48.9 Å². The molecule has 2 aromatic rings. The van der Waals surface area contributed by atoms with Crippen molar-refractivity contribution in [2.75, 3.05) is 38.8 Å². The molecule has 0 atom stereocenters. The van der Waals surface area contributed by atoms with Crippen LogP contribution in [0.2, 0.25) is 0 Å². The topological polar surface area (TPSA) is 71.1 Å². The van der Waals surface area contributed by atoms with Gasteiger partial charge in [-0.2, -0.15) is 0 Å². The van der Waals surface area contributed by atoms with Crippen molar-refractivity contribution in [2.45, 2.75) is 26.7 Å². The molecule has 31 heavy (non-hydrogen) atoms. The fraction of sp³-hybridized carbons (Fsp3) is 0.478. The van der Waals surface area contributed by atoms with E-state index in [1.165, 1.54) is 16.7 Å². The molecular formula is C23H30O6P2. The van der Waals surface area contributed by atoms with Gasteiger partial charge in [-0.3, -0.25) is 9.13 Å². The van der Waals surface area contributed by atoms with E-state index < -0.39 is 20.6 Å². The lowest BCUT2D eigenvalue weighted by Crippen LogP contribution is -2.46. The molecule has 0 radical (unpaired) electrons. The van der Waals surface area contributed by atoms with Crippen molar-refractivity contribution >= 4 is 15.2 Å². The third-order valence-corrected chi connectivity index (χ3v) is 9.70. The molecule has 0 bridgehead atoms. The zero-order valence-corrected chi connectivity index (χ0v) is 19.9. The smallest absolute Gasteiger partial charge is 0.308 e. The monoisotopic (exact) mass is 464 g/mol. The zero-order valence-electron chi connectivity index (χ0n) is 18.1. The first kappa shape index (κ1) is 22.9. The molecule has 2 saturated heterocycles. The molecule has 168 valence electrons. The van der Waals surface area contributed by atoms with Crippen LogP contribution in [-0.4, -0.2) is 38.8 Å². The van der Waals surface area contributed by atoms with Gasteiger partial charge in [0.1, 0.15) is 0 Å². The highest BCUT2D eigenvalue weighted by molar-refractivity contribution is 7.54. The van der Waals surface area contributed by atoms with Crippen molar-refractivity contribution in [2.24, 2.45) is 5.41 Å². The Hall–Kier alpha value is -1.26. The summed E-state index contributed by atoms with van der Waals surface area (Å²) >= 11 is 0.